The number of para-hydroxylation sites is 2. The van der Waals surface area contributed by atoms with Crippen molar-refractivity contribution in [2.75, 3.05) is 31.2 Å². The van der Waals surface area contributed by atoms with Crippen LogP contribution in [0.1, 0.15) is 24.5 Å². The Morgan fingerprint density at radius 1 is 1.11 bits per heavy atom. The maximum atomic E-state index is 14.2. The van der Waals surface area contributed by atoms with Crippen LogP contribution in [0.25, 0.3) is 10.9 Å². The normalized spacial score (nSPS) is 29.3. The molecule has 1 aromatic heterocycles. The summed E-state index contributed by atoms with van der Waals surface area (Å²) < 4.78 is 5.25. The van der Waals surface area contributed by atoms with Gasteiger partial charge in [-0.05, 0) is 29.0 Å². The molecule has 0 saturated carbocycles. The second kappa shape index (κ2) is 8.21. The van der Waals surface area contributed by atoms with Gasteiger partial charge in [-0.15, -0.1) is 11.8 Å². The van der Waals surface area contributed by atoms with Crippen LogP contribution in [-0.2, 0) is 19.7 Å². The first-order valence-electron chi connectivity index (χ1n) is 11.8. The molecule has 2 aromatic carbocycles. The Morgan fingerprint density at radius 3 is 2.69 bits per heavy atom. The number of aromatic amines is 1. The zero-order chi connectivity index (χ0) is 24.4. The fourth-order valence-corrected chi connectivity index (χ4v) is 8.53. The van der Waals surface area contributed by atoms with E-state index in [2.05, 4.69) is 47.7 Å². The molecular formula is C26H28N4O3S2. The van der Waals surface area contributed by atoms with E-state index in [0.29, 0.717) is 12.4 Å². The number of rotatable bonds is 6. The van der Waals surface area contributed by atoms with Gasteiger partial charge in [-0.3, -0.25) is 14.5 Å². The highest BCUT2D eigenvalue weighted by atomic mass is 32.2. The van der Waals surface area contributed by atoms with E-state index in [1.165, 1.54) is 11.8 Å². The van der Waals surface area contributed by atoms with Crippen LogP contribution in [0.4, 0.5) is 5.69 Å². The molecular weight excluding hydrogens is 480 g/mol. The Morgan fingerprint density at radius 2 is 1.89 bits per heavy atom. The third-order valence-electron chi connectivity index (χ3n) is 7.58. The summed E-state index contributed by atoms with van der Waals surface area (Å²) in [6.45, 7) is 2.05. The number of nitrogens with zero attached hydrogens (tertiary/aromatic N) is 2. The number of hydrogen-bond donors (Lipinski definition) is 2. The molecule has 3 aliphatic rings. The first-order valence-corrected chi connectivity index (χ1v) is 13.8. The van der Waals surface area contributed by atoms with Crippen LogP contribution < -0.4 is 5.32 Å². The van der Waals surface area contributed by atoms with Gasteiger partial charge in [-0.2, -0.15) is 0 Å². The standard InChI is InChI=1S/C26H28N4O3S2/c1-4-35-26-14-25(18-13-27-19-11-7-5-9-16(18)19)17-10-6-8-12-20(17)28-23(25)30(26)21(31)22(34-15-33-3)29(2)24(26)32/h5-13,22-23,27-28H,4,14-15H2,1-3H3. The summed E-state index contributed by atoms with van der Waals surface area (Å²) in [6.07, 6.45) is 2.19. The molecule has 35 heavy (non-hydrogen) atoms. The van der Waals surface area contributed by atoms with E-state index in [1.807, 2.05) is 29.2 Å². The fourth-order valence-electron chi connectivity index (χ4n) is 6.28. The molecule has 0 bridgehead atoms. The summed E-state index contributed by atoms with van der Waals surface area (Å²) in [7, 11) is 3.35. The number of carbonyl (C=O) groups is 2. The van der Waals surface area contributed by atoms with Gasteiger partial charge in [0.05, 0.1) is 11.4 Å². The van der Waals surface area contributed by atoms with E-state index >= 15 is 0 Å². The minimum absolute atomic E-state index is 0.0227. The first-order chi connectivity index (χ1) is 17.0. The van der Waals surface area contributed by atoms with Gasteiger partial charge < -0.3 is 19.9 Å². The Kier molecular flexibility index (Phi) is 5.36. The van der Waals surface area contributed by atoms with Crippen molar-refractivity contribution in [2.45, 2.75) is 35.2 Å². The van der Waals surface area contributed by atoms with Crippen LogP contribution in [0.15, 0.2) is 54.7 Å². The van der Waals surface area contributed by atoms with Gasteiger partial charge in [0.25, 0.3) is 11.8 Å². The maximum Gasteiger partial charge on any atom is 0.260 e. The summed E-state index contributed by atoms with van der Waals surface area (Å²) >= 11 is 2.92. The SMILES string of the molecule is CCSC12CC3(c4c[nH]c5ccccc45)c4ccccc4NC3N1C(=O)C(SCOC)N(C)C2=O. The van der Waals surface area contributed by atoms with Crippen molar-refractivity contribution in [3.63, 3.8) is 0 Å². The molecule has 4 heterocycles. The molecule has 182 valence electrons. The van der Waals surface area contributed by atoms with E-state index in [9.17, 15) is 9.59 Å². The second-order valence-electron chi connectivity index (χ2n) is 9.26. The Bertz CT molecular complexity index is 1330. The lowest BCUT2D eigenvalue weighted by Gasteiger charge is -2.48. The van der Waals surface area contributed by atoms with Gasteiger partial charge in [0.15, 0.2) is 10.2 Å². The predicted molar refractivity (Wildman–Crippen MR) is 141 cm³/mol. The predicted octanol–water partition coefficient (Wildman–Crippen LogP) is 4.02. The minimum atomic E-state index is -0.992. The highest BCUT2D eigenvalue weighted by molar-refractivity contribution is 8.01. The van der Waals surface area contributed by atoms with Gasteiger partial charge in [0, 0.05) is 43.4 Å². The monoisotopic (exact) mass is 508 g/mol. The van der Waals surface area contributed by atoms with Crippen LogP contribution in [0.5, 0.6) is 0 Å². The number of piperazine rings is 1. The number of fused-ring (bicyclic) bond motifs is 6. The molecule has 0 aliphatic carbocycles. The van der Waals surface area contributed by atoms with E-state index in [4.69, 9.17) is 4.74 Å². The molecule has 9 heteroatoms. The fraction of sp³-hybridized carbons (Fsp3) is 0.385. The van der Waals surface area contributed by atoms with E-state index < -0.39 is 15.7 Å². The largest absolute Gasteiger partial charge is 0.374 e. The lowest BCUT2D eigenvalue weighted by molar-refractivity contribution is -0.157. The zero-order valence-corrected chi connectivity index (χ0v) is 21.5. The quantitative estimate of drug-likeness (QED) is 0.490. The molecule has 3 aromatic rings. The maximum absolute atomic E-state index is 14.2. The van der Waals surface area contributed by atoms with Crippen LogP contribution in [-0.4, -0.2) is 68.9 Å². The van der Waals surface area contributed by atoms with E-state index in [-0.39, 0.29) is 18.0 Å². The van der Waals surface area contributed by atoms with Crippen LogP contribution in [0.3, 0.4) is 0 Å². The Hall–Kier alpha value is -2.62. The molecule has 4 unspecified atom stereocenters. The molecule has 7 nitrogen and oxygen atoms in total. The second-order valence-corrected chi connectivity index (χ2v) is 11.8. The van der Waals surface area contributed by atoms with Crippen molar-refractivity contribution < 1.29 is 14.3 Å². The van der Waals surface area contributed by atoms with E-state index in [0.717, 1.165) is 33.5 Å². The number of ether oxygens (including phenoxy) is 1. The number of benzene rings is 2. The summed E-state index contributed by atoms with van der Waals surface area (Å²) in [6, 6.07) is 16.5. The lowest BCUT2D eigenvalue weighted by atomic mass is 9.72. The number of carbonyl (C=O) groups excluding carboxylic acids is 2. The lowest BCUT2D eigenvalue weighted by Crippen LogP contribution is -2.68. The molecule has 2 fully saturated rings. The molecule has 3 aliphatic heterocycles. The summed E-state index contributed by atoms with van der Waals surface area (Å²) in [5.74, 6) is 0.979. The molecule has 2 N–H and O–H groups in total. The van der Waals surface area contributed by atoms with Crippen LogP contribution in [0.2, 0.25) is 0 Å². The van der Waals surface area contributed by atoms with E-state index in [1.54, 1.807) is 30.8 Å². The number of amides is 2. The summed E-state index contributed by atoms with van der Waals surface area (Å²) in [4.78, 5) is 34.3. The number of likely N-dealkylation sites (N-methyl/N-ethyl adjacent to an activating group) is 1. The summed E-state index contributed by atoms with van der Waals surface area (Å²) in [5.41, 5.74) is 3.73. The Labute approximate surface area is 212 Å². The third kappa shape index (κ3) is 2.92. The molecule has 2 amide bonds. The number of hydrogen-bond acceptors (Lipinski definition) is 6. The third-order valence-corrected chi connectivity index (χ3v) is 10.1. The number of anilines is 1. The van der Waals surface area contributed by atoms with Gasteiger partial charge in [0.1, 0.15) is 6.17 Å². The average molecular weight is 509 g/mol. The molecule has 0 radical (unpaired) electrons. The highest BCUT2D eigenvalue weighted by Crippen LogP contribution is 2.63. The first kappa shape index (κ1) is 22.8. The number of methoxy groups -OCH3 is 1. The topological polar surface area (TPSA) is 77.7 Å². The molecule has 2 saturated heterocycles. The van der Waals surface area contributed by atoms with Crippen molar-refractivity contribution in [3.8, 4) is 0 Å². The van der Waals surface area contributed by atoms with Crippen LogP contribution in [0, 0.1) is 0 Å². The van der Waals surface area contributed by atoms with Crippen LogP contribution >= 0.6 is 23.5 Å². The molecule has 0 spiro atoms. The average Bonchev–Trinajstić information content (AvgIpc) is 3.51. The minimum Gasteiger partial charge on any atom is -0.374 e. The zero-order valence-electron chi connectivity index (χ0n) is 19.9. The van der Waals surface area contributed by atoms with Crippen molar-refractivity contribution in [1.29, 1.82) is 0 Å². The summed E-state index contributed by atoms with van der Waals surface area (Å²) in [5, 5.41) is 4.17. The molecule has 6 rings (SSSR count). The number of thioether (sulfide) groups is 2. The van der Waals surface area contributed by atoms with Crippen molar-refractivity contribution in [3.05, 3.63) is 65.9 Å². The van der Waals surface area contributed by atoms with Crippen molar-refractivity contribution in [1.82, 2.24) is 14.8 Å². The van der Waals surface area contributed by atoms with Gasteiger partial charge in [-0.1, -0.05) is 55.1 Å². The van der Waals surface area contributed by atoms with Gasteiger partial charge in [0.2, 0.25) is 0 Å². The van der Waals surface area contributed by atoms with Crippen molar-refractivity contribution in [2.24, 2.45) is 0 Å². The van der Waals surface area contributed by atoms with Gasteiger partial charge in [-0.25, -0.2) is 0 Å². The number of aromatic nitrogens is 1. The molecule has 4 atom stereocenters. The Balaban J connectivity index is 1.61. The van der Waals surface area contributed by atoms with Crippen molar-refractivity contribution >= 4 is 51.9 Å². The highest BCUT2D eigenvalue weighted by Gasteiger charge is 2.72. The number of nitrogens with one attached hydrogen (secondary N) is 2. The number of H-pyrrole nitrogens is 1. The smallest absolute Gasteiger partial charge is 0.260 e. The van der Waals surface area contributed by atoms with Gasteiger partial charge >= 0.3 is 0 Å².